The quantitative estimate of drug-likeness (QED) is 0.898. The van der Waals surface area contributed by atoms with Gasteiger partial charge in [-0.05, 0) is 35.4 Å². The van der Waals surface area contributed by atoms with Gasteiger partial charge in [-0.15, -0.1) is 12.4 Å². The average Bonchev–Trinajstić information content (AvgIpc) is 2.40. The maximum Gasteiger partial charge on any atom is 0.118 e. The van der Waals surface area contributed by atoms with Gasteiger partial charge in [0.2, 0.25) is 0 Å². The Morgan fingerprint density at radius 3 is 2.32 bits per heavy atom. The van der Waals surface area contributed by atoms with Gasteiger partial charge < -0.3 is 10.1 Å². The van der Waals surface area contributed by atoms with Gasteiger partial charge in [0.1, 0.15) is 5.75 Å². The van der Waals surface area contributed by atoms with Gasteiger partial charge >= 0.3 is 0 Å². The fraction of sp³-hybridized carbons (Fsp3) is 0.200. The predicted octanol–water partition coefficient (Wildman–Crippen LogP) is 4.06. The van der Waals surface area contributed by atoms with Crippen molar-refractivity contribution < 1.29 is 4.74 Å². The van der Waals surface area contributed by atoms with Gasteiger partial charge in [-0.25, -0.2) is 0 Å². The van der Waals surface area contributed by atoms with Crippen LogP contribution in [0.25, 0.3) is 0 Å². The first-order valence-corrected chi connectivity index (χ1v) is 6.24. The highest BCUT2D eigenvalue weighted by Gasteiger charge is 1.96. The SMILES string of the molecule is COc1ccc(CNCc2cccc(Cl)c2)cc1.Cl. The third-order valence-electron chi connectivity index (χ3n) is 2.71. The van der Waals surface area contributed by atoms with Gasteiger partial charge in [-0.2, -0.15) is 0 Å². The van der Waals surface area contributed by atoms with E-state index >= 15 is 0 Å². The number of nitrogens with one attached hydrogen (secondary N) is 1. The van der Waals surface area contributed by atoms with E-state index in [4.69, 9.17) is 16.3 Å². The summed E-state index contributed by atoms with van der Waals surface area (Å²) in [6.07, 6.45) is 0. The first kappa shape index (κ1) is 15.8. The van der Waals surface area contributed by atoms with Crippen molar-refractivity contribution in [1.29, 1.82) is 0 Å². The van der Waals surface area contributed by atoms with E-state index in [1.807, 2.05) is 30.3 Å². The Morgan fingerprint density at radius 2 is 1.68 bits per heavy atom. The lowest BCUT2D eigenvalue weighted by Crippen LogP contribution is -2.12. The van der Waals surface area contributed by atoms with Gasteiger partial charge in [-0.1, -0.05) is 35.9 Å². The topological polar surface area (TPSA) is 21.3 Å². The Morgan fingerprint density at radius 1 is 1.00 bits per heavy atom. The monoisotopic (exact) mass is 297 g/mol. The summed E-state index contributed by atoms with van der Waals surface area (Å²) >= 11 is 5.93. The molecule has 0 atom stereocenters. The molecule has 0 heterocycles. The maximum absolute atomic E-state index is 5.93. The largest absolute Gasteiger partial charge is 0.497 e. The molecular formula is C15H17Cl2NO. The molecule has 19 heavy (non-hydrogen) atoms. The van der Waals surface area contributed by atoms with Gasteiger partial charge in [0.15, 0.2) is 0 Å². The second-order valence-electron chi connectivity index (χ2n) is 4.08. The first-order chi connectivity index (χ1) is 8.78. The number of ether oxygens (including phenoxy) is 1. The van der Waals surface area contributed by atoms with Crippen LogP contribution in [0.5, 0.6) is 5.75 Å². The second-order valence-corrected chi connectivity index (χ2v) is 4.52. The molecule has 4 heteroatoms. The van der Waals surface area contributed by atoms with E-state index in [2.05, 4.69) is 23.5 Å². The summed E-state index contributed by atoms with van der Waals surface area (Å²) in [4.78, 5) is 0. The Kier molecular flexibility index (Phi) is 6.71. The van der Waals surface area contributed by atoms with Crippen LogP contribution < -0.4 is 10.1 Å². The van der Waals surface area contributed by atoms with Crippen molar-refractivity contribution in [3.63, 3.8) is 0 Å². The molecule has 0 bridgehead atoms. The molecular weight excluding hydrogens is 281 g/mol. The van der Waals surface area contributed by atoms with E-state index < -0.39 is 0 Å². The fourth-order valence-corrected chi connectivity index (χ4v) is 1.95. The third-order valence-corrected chi connectivity index (χ3v) is 2.94. The zero-order chi connectivity index (χ0) is 12.8. The number of hydrogen-bond donors (Lipinski definition) is 1. The van der Waals surface area contributed by atoms with E-state index in [0.717, 1.165) is 23.9 Å². The molecule has 102 valence electrons. The lowest BCUT2D eigenvalue weighted by atomic mass is 10.2. The molecule has 0 unspecified atom stereocenters. The zero-order valence-corrected chi connectivity index (χ0v) is 12.3. The van der Waals surface area contributed by atoms with Crippen LogP contribution in [-0.4, -0.2) is 7.11 Å². The van der Waals surface area contributed by atoms with Gasteiger partial charge in [-0.3, -0.25) is 0 Å². The summed E-state index contributed by atoms with van der Waals surface area (Å²) in [5.41, 5.74) is 2.42. The molecule has 2 aromatic rings. The van der Waals surface area contributed by atoms with Gasteiger partial charge in [0, 0.05) is 18.1 Å². The summed E-state index contributed by atoms with van der Waals surface area (Å²) in [6, 6.07) is 15.9. The molecule has 0 fully saturated rings. The van der Waals surface area contributed by atoms with Crippen molar-refractivity contribution in [3.8, 4) is 5.75 Å². The van der Waals surface area contributed by atoms with Crippen molar-refractivity contribution in [1.82, 2.24) is 5.32 Å². The normalized spacial score (nSPS) is 9.79. The summed E-state index contributed by atoms with van der Waals surface area (Å²) < 4.78 is 5.12. The Balaban J connectivity index is 0.00000180. The van der Waals surface area contributed by atoms with Crippen LogP contribution in [0.15, 0.2) is 48.5 Å². The van der Waals surface area contributed by atoms with Crippen molar-refractivity contribution in [2.45, 2.75) is 13.1 Å². The third kappa shape index (κ3) is 5.11. The smallest absolute Gasteiger partial charge is 0.118 e. The molecule has 0 aliphatic rings. The van der Waals surface area contributed by atoms with Crippen molar-refractivity contribution in [2.75, 3.05) is 7.11 Å². The van der Waals surface area contributed by atoms with Crippen LogP contribution in [-0.2, 0) is 13.1 Å². The molecule has 0 aromatic heterocycles. The van der Waals surface area contributed by atoms with E-state index in [1.54, 1.807) is 7.11 Å². The molecule has 0 amide bonds. The Bertz CT molecular complexity index is 500. The minimum absolute atomic E-state index is 0. The van der Waals surface area contributed by atoms with Crippen LogP contribution >= 0.6 is 24.0 Å². The number of hydrogen-bond acceptors (Lipinski definition) is 2. The van der Waals surface area contributed by atoms with E-state index in [9.17, 15) is 0 Å². The summed E-state index contributed by atoms with van der Waals surface area (Å²) in [7, 11) is 1.67. The summed E-state index contributed by atoms with van der Waals surface area (Å²) in [5.74, 6) is 0.883. The lowest BCUT2D eigenvalue weighted by Gasteiger charge is -2.06. The van der Waals surface area contributed by atoms with Crippen LogP contribution in [0, 0.1) is 0 Å². The standard InChI is InChI=1S/C15H16ClNO.ClH/c1-18-15-7-5-12(6-8-15)10-17-11-13-3-2-4-14(16)9-13;/h2-9,17H,10-11H2,1H3;1H. The molecule has 2 rings (SSSR count). The van der Waals surface area contributed by atoms with Crippen LogP contribution in [0.3, 0.4) is 0 Å². The highest BCUT2D eigenvalue weighted by Crippen LogP contribution is 2.12. The molecule has 0 radical (unpaired) electrons. The van der Waals surface area contributed by atoms with E-state index in [0.29, 0.717) is 0 Å². The number of halogens is 2. The van der Waals surface area contributed by atoms with Gasteiger partial charge in [0.05, 0.1) is 7.11 Å². The molecule has 1 N–H and O–H groups in total. The van der Waals surface area contributed by atoms with E-state index in [-0.39, 0.29) is 12.4 Å². The maximum atomic E-state index is 5.93. The molecule has 2 nitrogen and oxygen atoms in total. The fourth-order valence-electron chi connectivity index (χ4n) is 1.74. The first-order valence-electron chi connectivity index (χ1n) is 5.86. The van der Waals surface area contributed by atoms with Crippen molar-refractivity contribution >= 4 is 24.0 Å². The minimum Gasteiger partial charge on any atom is -0.497 e. The second kappa shape index (κ2) is 8.05. The molecule has 0 saturated carbocycles. The van der Waals surface area contributed by atoms with Crippen LogP contribution in [0.1, 0.15) is 11.1 Å². The molecule has 0 aliphatic heterocycles. The number of methoxy groups -OCH3 is 1. The lowest BCUT2D eigenvalue weighted by molar-refractivity contribution is 0.414. The van der Waals surface area contributed by atoms with Gasteiger partial charge in [0.25, 0.3) is 0 Å². The number of rotatable bonds is 5. The van der Waals surface area contributed by atoms with E-state index in [1.165, 1.54) is 11.1 Å². The molecule has 0 aliphatic carbocycles. The minimum atomic E-state index is 0. The predicted molar refractivity (Wildman–Crippen MR) is 82.2 cm³/mol. The Labute approximate surface area is 125 Å². The van der Waals surface area contributed by atoms with Crippen LogP contribution in [0.2, 0.25) is 5.02 Å². The highest BCUT2D eigenvalue weighted by molar-refractivity contribution is 6.30. The number of benzene rings is 2. The summed E-state index contributed by atoms with van der Waals surface area (Å²) in [5, 5.41) is 4.16. The van der Waals surface area contributed by atoms with Crippen molar-refractivity contribution in [2.24, 2.45) is 0 Å². The Hall–Kier alpha value is -1.22. The average molecular weight is 298 g/mol. The summed E-state index contributed by atoms with van der Waals surface area (Å²) in [6.45, 7) is 1.64. The molecule has 2 aromatic carbocycles. The van der Waals surface area contributed by atoms with Crippen LogP contribution in [0.4, 0.5) is 0 Å². The molecule has 0 spiro atoms. The zero-order valence-electron chi connectivity index (χ0n) is 10.7. The van der Waals surface area contributed by atoms with Crippen molar-refractivity contribution in [3.05, 3.63) is 64.7 Å². The molecule has 0 saturated heterocycles. The highest BCUT2D eigenvalue weighted by atomic mass is 35.5.